The molecule has 2 atom stereocenters. The van der Waals surface area contributed by atoms with E-state index in [0.29, 0.717) is 23.7 Å². The number of nitrogens with zero attached hydrogens (tertiary/aromatic N) is 1. The summed E-state index contributed by atoms with van der Waals surface area (Å²) in [5.74, 6) is 0.478. The van der Waals surface area contributed by atoms with Crippen LogP contribution < -0.4 is 10.2 Å². The van der Waals surface area contributed by atoms with Gasteiger partial charge in [0.1, 0.15) is 5.69 Å². The van der Waals surface area contributed by atoms with Crippen molar-refractivity contribution in [3.8, 4) is 0 Å². The van der Waals surface area contributed by atoms with Gasteiger partial charge in [0, 0.05) is 12.0 Å². The molecule has 0 bridgehead atoms. The van der Waals surface area contributed by atoms with Crippen LogP contribution >= 0.6 is 0 Å². The lowest BCUT2D eigenvalue weighted by Gasteiger charge is -2.27. The van der Waals surface area contributed by atoms with Crippen molar-refractivity contribution < 1.29 is 14.6 Å². The van der Waals surface area contributed by atoms with Gasteiger partial charge in [-0.25, -0.2) is 0 Å². The highest BCUT2D eigenvalue weighted by Gasteiger charge is 2.24. The van der Waals surface area contributed by atoms with Crippen LogP contribution in [0.4, 0.5) is 11.4 Å². The Hall–Kier alpha value is -1.95. The van der Waals surface area contributed by atoms with Gasteiger partial charge in [0.15, 0.2) is 6.54 Å². The van der Waals surface area contributed by atoms with Gasteiger partial charge >= 0.3 is 0 Å². The molecule has 0 saturated carbocycles. The van der Waals surface area contributed by atoms with Crippen molar-refractivity contribution in [2.45, 2.75) is 26.7 Å². The molecule has 1 aliphatic heterocycles. The van der Waals surface area contributed by atoms with Crippen LogP contribution in [-0.2, 0) is 4.79 Å². The Labute approximate surface area is 124 Å². The second-order valence-corrected chi connectivity index (χ2v) is 5.90. The third-order valence-electron chi connectivity index (χ3n) is 3.99. The monoisotopic (exact) mass is 292 g/mol. The van der Waals surface area contributed by atoms with Crippen LogP contribution in [0.25, 0.3) is 0 Å². The van der Waals surface area contributed by atoms with Crippen LogP contribution in [0, 0.1) is 23.0 Å². The number of likely N-dealkylation sites (tertiary alicyclic amines) is 1. The SMILES string of the molecule is Cc1cccc([N+](=O)[O-])c1NC(=O)C[NH+]1CCC[C@@H](C)C1. The molecule has 2 N–H and O–H groups in total. The molecule has 114 valence electrons. The molecule has 1 amide bonds. The van der Waals surface area contributed by atoms with Crippen molar-refractivity contribution in [2.24, 2.45) is 5.92 Å². The van der Waals surface area contributed by atoms with Gasteiger partial charge in [-0.1, -0.05) is 19.1 Å². The number of amides is 1. The molecule has 6 nitrogen and oxygen atoms in total. The summed E-state index contributed by atoms with van der Waals surface area (Å²) >= 11 is 0. The zero-order valence-electron chi connectivity index (χ0n) is 12.5. The molecule has 1 aromatic rings. The van der Waals surface area contributed by atoms with Crippen molar-refractivity contribution in [1.29, 1.82) is 0 Å². The van der Waals surface area contributed by atoms with Gasteiger partial charge in [-0.05, 0) is 25.3 Å². The van der Waals surface area contributed by atoms with Crippen molar-refractivity contribution in [2.75, 3.05) is 25.0 Å². The number of nitro groups is 1. The third-order valence-corrected chi connectivity index (χ3v) is 3.99. The molecule has 1 aromatic carbocycles. The standard InChI is InChI=1S/C15H21N3O3/c1-11-5-4-8-17(9-11)10-14(19)16-15-12(2)6-3-7-13(15)18(20)21/h3,6-7,11H,4-5,8-10H2,1-2H3,(H,16,19)/p+1/t11-/m1/s1. The molecule has 0 radical (unpaired) electrons. The summed E-state index contributed by atoms with van der Waals surface area (Å²) in [7, 11) is 0. The molecule has 1 aliphatic rings. The first-order valence-corrected chi connectivity index (χ1v) is 7.34. The maximum Gasteiger partial charge on any atom is 0.293 e. The predicted molar refractivity (Wildman–Crippen MR) is 80.4 cm³/mol. The number of nitrogens with one attached hydrogen (secondary N) is 2. The van der Waals surface area contributed by atoms with E-state index >= 15 is 0 Å². The fourth-order valence-corrected chi connectivity index (χ4v) is 2.94. The fourth-order valence-electron chi connectivity index (χ4n) is 2.94. The van der Waals surface area contributed by atoms with Crippen molar-refractivity contribution in [1.82, 2.24) is 0 Å². The number of para-hydroxylation sites is 1. The third kappa shape index (κ3) is 4.01. The second kappa shape index (κ2) is 6.67. The van der Waals surface area contributed by atoms with E-state index in [1.807, 2.05) is 0 Å². The first-order valence-electron chi connectivity index (χ1n) is 7.34. The summed E-state index contributed by atoms with van der Waals surface area (Å²) in [5, 5.41) is 13.8. The molecule has 2 rings (SSSR count). The van der Waals surface area contributed by atoms with Gasteiger partial charge in [0.25, 0.3) is 11.6 Å². The van der Waals surface area contributed by atoms with Crippen LogP contribution in [0.1, 0.15) is 25.3 Å². The number of quaternary nitrogens is 1. The molecular weight excluding hydrogens is 270 g/mol. The van der Waals surface area contributed by atoms with Crippen LogP contribution in [0.15, 0.2) is 18.2 Å². The fraction of sp³-hybridized carbons (Fsp3) is 0.533. The summed E-state index contributed by atoms with van der Waals surface area (Å²) < 4.78 is 0. The Kier molecular flexibility index (Phi) is 4.90. The van der Waals surface area contributed by atoms with Crippen LogP contribution in [-0.4, -0.2) is 30.5 Å². The van der Waals surface area contributed by atoms with Gasteiger partial charge in [-0.15, -0.1) is 0 Å². The van der Waals surface area contributed by atoms with Gasteiger partial charge in [-0.2, -0.15) is 0 Å². The maximum atomic E-state index is 12.2. The molecule has 1 heterocycles. The van der Waals surface area contributed by atoms with Crippen molar-refractivity contribution >= 4 is 17.3 Å². The minimum absolute atomic E-state index is 0.0506. The van der Waals surface area contributed by atoms with Gasteiger partial charge in [0.05, 0.1) is 18.0 Å². The molecule has 6 heteroatoms. The Bertz CT molecular complexity index is 545. The molecular formula is C15H22N3O3+. The number of piperidine rings is 1. The number of hydrogen-bond donors (Lipinski definition) is 2. The van der Waals surface area contributed by atoms with E-state index in [1.54, 1.807) is 19.1 Å². The zero-order valence-corrected chi connectivity index (χ0v) is 12.5. The number of rotatable bonds is 4. The average molecular weight is 292 g/mol. The number of aryl methyl sites for hydroxylation is 1. The van der Waals surface area contributed by atoms with E-state index in [9.17, 15) is 14.9 Å². The molecule has 0 spiro atoms. The normalized spacial score (nSPS) is 21.8. The Morgan fingerprint density at radius 3 is 2.95 bits per heavy atom. The molecule has 0 aliphatic carbocycles. The van der Waals surface area contributed by atoms with Gasteiger partial charge < -0.3 is 10.2 Å². The lowest BCUT2D eigenvalue weighted by Crippen LogP contribution is -3.14. The van der Waals surface area contributed by atoms with Crippen LogP contribution in [0.3, 0.4) is 0 Å². The summed E-state index contributed by atoms with van der Waals surface area (Å²) in [6.07, 6.45) is 2.35. The number of benzene rings is 1. The van der Waals surface area contributed by atoms with E-state index < -0.39 is 4.92 Å². The lowest BCUT2D eigenvalue weighted by molar-refractivity contribution is -0.900. The smallest absolute Gasteiger partial charge is 0.293 e. The minimum atomic E-state index is -0.460. The van der Waals surface area contributed by atoms with Gasteiger partial charge in [-0.3, -0.25) is 14.9 Å². The Balaban J connectivity index is 2.04. The maximum absolute atomic E-state index is 12.2. The highest BCUT2D eigenvalue weighted by Crippen LogP contribution is 2.27. The quantitative estimate of drug-likeness (QED) is 0.646. The highest BCUT2D eigenvalue weighted by molar-refractivity contribution is 5.94. The number of carbonyl (C=O) groups is 1. The minimum Gasteiger partial charge on any atom is -0.327 e. The lowest BCUT2D eigenvalue weighted by atomic mass is 10.0. The largest absolute Gasteiger partial charge is 0.327 e. The van der Waals surface area contributed by atoms with E-state index in [2.05, 4.69) is 12.2 Å². The number of nitro benzene ring substituents is 1. The molecule has 1 fully saturated rings. The van der Waals surface area contributed by atoms with E-state index in [-0.39, 0.29) is 11.6 Å². The van der Waals surface area contributed by atoms with Gasteiger partial charge in [0.2, 0.25) is 0 Å². The topological polar surface area (TPSA) is 76.7 Å². The highest BCUT2D eigenvalue weighted by atomic mass is 16.6. The molecule has 1 unspecified atom stereocenters. The number of carbonyl (C=O) groups excluding carboxylic acids is 1. The zero-order chi connectivity index (χ0) is 15.4. The van der Waals surface area contributed by atoms with Crippen molar-refractivity contribution in [3.05, 3.63) is 33.9 Å². The molecule has 21 heavy (non-hydrogen) atoms. The number of anilines is 1. The van der Waals surface area contributed by atoms with Crippen molar-refractivity contribution in [3.63, 3.8) is 0 Å². The molecule has 0 aromatic heterocycles. The average Bonchev–Trinajstić information content (AvgIpc) is 2.40. The first kappa shape index (κ1) is 15.4. The number of hydrogen-bond acceptors (Lipinski definition) is 3. The van der Waals surface area contributed by atoms with Crippen LogP contribution in [0.5, 0.6) is 0 Å². The van der Waals surface area contributed by atoms with E-state index in [1.165, 1.54) is 17.4 Å². The first-order chi connectivity index (χ1) is 9.97. The summed E-state index contributed by atoms with van der Waals surface area (Å²) in [6.45, 7) is 6.31. The second-order valence-electron chi connectivity index (χ2n) is 5.90. The van der Waals surface area contributed by atoms with E-state index in [4.69, 9.17) is 0 Å². The summed E-state index contributed by atoms with van der Waals surface area (Å²) in [4.78, 5) is 24.0. The van der Waals surface area contributed by atoms with Crippen LogP contribution in [0.2, 0.25) is 0 Å². The molecule has 1 saturated heterocycles. The summed E-state index contributed by atoms with van der Waals surface area (Å²) in [6, 6.07) is 4.80. The predicted octanol–water partition coefficient (Wildman–Crippen LogP) is 1.16. The summed E-state index contributed by atoms with van der Waals surface area (Å²) in [5.41, 5.74) is 0.974. The van der Waals surface area contributed by atoms with E-state index in [0.717, 1.165) is 19.5 Å². The Morgan fingerprint density at radius 2 is 2.29 bits per heavy atom. The Morgan fingerprint density at radius 1 is 1.52 bits per heavy atom.